The van der Waals surface area contributed by atoms with Crippen LogP contribution < -0.4 is 14.8 Å². The van der Waals surface area contributed by atoms with E-state index in [0.29, 0.717) is 41.8 Å². The molecule has 0 bridgehead atoms. The molecular weight excluding hydrogens is 340 g/mol. The van der Waals surface area contributed by atoms with Crippen LogP contribution in [0.2, 0.25) is 5.02 Å². The van der Waals surface area contributed by atoms with Gasteiger partial charge in [-0.25, -0.2) is 0 Å². The quantitative estimate of drug-likeness (QED) is 0.890. The molecule has 1 amide bonds. The first-order chi connectivity index (χ1) is 12.0. The molecule has 3 rings (SSSR count). The van der Waals surface area contributed by atoms with Crippen LogP contribution >= 0.6 is 11.6 Å². The molecule has 1 N–H and O–H groups in total. The molecule has 0 aromatic heterocycles. The third-order valence-corrected chi connectivity index (χ3v) is 4.19. The number of amides is 1. The first-order valence-corrected chi connectivity index (χ1v) is 8.52. The number of nitrogens with zero attached hydrogens (tertiary/aromatic N) is 1. The van der Waals surface area contributed by atoms with Gasteiger partial charge < -0.3 is 19.7 Å². The van der Waals surface area contributed by atoms with Crippen LogP contribution in [0.25, 0.3) is 0 Å². The van der Waals surface area contributed by atoms with Gasteiger partial charge in [-0.2, -0.15) is 0 Å². The molecule has 2 aromatic carbocycles. The van der Waals surface area contributed by atoms with Crippen LogP contribution in [0, 0.1) is 0 Å². The Kier molecular flexibility index (Phi) is 5.46. The Morgan fingerprint density at radius 2 is 1.92 bits per heavy atom. The molecule has 1 aliphatic heterocycles. The normalized spacial score (nSPS) is 14.2. The minimum absolute atomic E-state index is 0.129. The lowest BCUT2D eigenvalue weighted by atomic mass is 10.1. The van der Waals surface area contributed by atoms with Crippen molar-refractivity contribution >= 4 is 17.5 Å². The van der Waals surface area contributed by atoms with Crippen molar-refractivity contribution < 1.29 is 14.3 Å². The summed E-state index contributed by atoms with van der Waals surface area (Å²) in [6.07, 6.45) is 0. The van der Waals surface area contributed by atoms with Crippen molar-refractivity contribution in [2.24, 2.45) is 0 Å². The second kappa shape index (κ2) is 7.76. The predicted octanol–water partition coefficient (Wildman–Crippen LogP) is 3.14. The predicted molar refractivity (Wildman–Crippen MR) is 97.6 cm³/mol. The van der Waals surface area contributed by atoms with Crippen molar-refractivity contribution in [2.45, 2.75) is 6.04 Å². The number of benzene rings is 2. The maximum absolute atomic E-state index is 12.8. The van der Waals surface area contributed by atoms with E-state index >= 15 is 0 Å². The highest BCUT2D eigenvalue weighted by molar-refractivity contribution is 6.32. The topological polar surface area (TPSA) is 50.8 Å². The molecule has 1 heterocycles. The number of nitrogens with one attached hydrogen (secondary N) is 1. The van der Waals surface area contributed by atoms with Gasteiger partial charge in [-0.1, -0.05) is 41.9 Å². The summed E-state index contributed by atoms with van der Waals surface area (Å²) in [6, 6.07) is 13.1. The molecular formula is C19H21ClN2O3. The summed E-state index contributed by atoms with van der Waals surface area (Å²) in [5, 5.41) is 3.46. The van der Waals surface area contributed by atoms with Crippen LogP contribution in [0.4, 0.5) is 0 Å². The third-order valence-electron chi connectivity index (χ3n) is 3.91. The fourth-order valence-corrected chi connectivity index (χ4v) is 3.03. The monoisotopic (exact) mass is 360 g/mol. The number of likely N-dealkylation sites (N-methyl/N-ethyl adjacent to an activating group) is 1. The lowest BCUT2D eigenvalue weighted by molar-refractivity contribution is 0.0928. The van der Waals surface area contributed by atoms with Gasteiger partial charge in [-0.05, 0) is 31.8 Å². The fourth-order valence-electron chi connectivity index (χ4n) is 2.77. The lowest BCUT2D eigenvalue weighted by Gasteiger charge is -2.24. The van der Waals surface area contributed by atoms with E-state index in [9.17, 15) is 4.79 Å². The molecule has 0 aliphatic carbocycles. The molecule has 25 heavy (non-hydrogen) atoms. The van der Waals surface area contributed by atoms with Gasteiger partial charge >= 0.3 is 0 Å². The number of fused-ring (bicyclic) bond motifs is 1. The lowest BCUT2D eigenvalue weighted by Crippen LogP contribution is -2.35. The van der Waals surface area contributed by atoms with Crippen LogP contribution in [0.15, 0.2) is 42.5 Å². The minimum atomic E-state index is -0.199. The first-order valence-electron chi connectivity index (χ1n) is 8.14. The van der Waals surface area contributed by atoms with E-state index < -0.39 is 0 Å². The van der Waals surface area contributed by atoms with E-state index in [4.69, 9.17) is 21.1 Å². The van der Waals surface area contributed by atoms with Gasteiger partial charge in [-0.15, -0.1) is 0 Å². The van der Waals surface area contributed by atoms with E-state index in [0.717, 1.165) is 5.56 Å². The highest BCUT2D eigenvalue weighted by Crippen LogP contribution is 2.38. The fraction of sp³-hybridized carbons (Fsp3) is 0.316. The molecule has 0 spiro atoms. The largest absolute Gasteiger partial charge is 0.486 e. The molecule has 0 radical (unpaired) electrons. The highest BCUT2D eigenvalue weighted by atomic mass is 35.5. The molecule has 1 aliphatic rings. The van der Waals surface area contributed by atoms with Gasteiger partial charge in [-0.3, -0.25) is 4.79 Å². The highest BCUT2D eigenvalue weighted by Gasteiger charge is 2.21. The molecule has 0 fully saturated rings. The molecule has 1 atom stereocenters. The number of halogens is 1. The van der Waals surface area contributed by atoms with Crippen LogP contribution in [0.1, 0.15) is 22.0 Å². The Morgan fingerprint density at radius 3 is 2.64 bits per heavy atom. The second-order valence-electron chi connectivity index (χ2n) is 6.18. The van der Waals surface area contributed by atoms with E-state index in [1.54, 1.807) is 12.1 Å². The van der Waals surface area contributed by atoms with E-state index in [1.165, 1.54) is 0 Å². The smallest absolute Gasteiger partial charge is 0.252 e. The zero-order chi connectivity index (χ0) is 17.8. The Morgan fingerprint density at radius 1 is 1.20 bits per heavy atom. The third kappa shape index (κ3) is 4.24. The summed E-state index contributed by atoms with van der Waals surface area (Å²) >= 11 is 6.24. The van der Waals surface area contributed by atoms with Gasteiger partial charge in [0.25, 0.3) is 5.91 Å². The van der Waals surface area contributed by atoms with Gasteiger partial charge in [0.05, 0.1) is 11.1 Å². The van der Waals surface area contributed by atoms with Crippen molar-refractivity contribution in [2.75, 3.05) is 33.9 Å². The molecule has 2 aromatic rings. The summed E-state index contributed by atoms with van der Waals surface area (Å²) in [5.41, 5.74) is 1.50. The number of hydrogen-bond donors (Lipinski definition) is 1. The zero-order valence-corrected chi connectivity index (χ0v) is 15.0. The number of hydrogen-bond acceptors (Lipinski definition) is 4. The van der Waals surface area contributed by atoms with Crippen molar-refractivity contribution in [3.63, 3.8) is 0 Å². The summed E-state index contributed by atoms with van der Waals surface area (Å²) in [7, 11) is 3.95. The molecule has 0 saturated carbocycles. The van der Waals surface area contributed by atoms with Crippen LogP contribution in [-0.4, -0.2) is 44.7 Å². The minimum Gasteiger partial charge on any atom is -0.486 e. The number of carbonyl (C=O) groups excluding carboxylic acids is 1. The van der Waals surface area contributed by atoms with Gasteiger partial charge in [0, 0.05) is 12.1 Å². The van der Waals surface area contributed by atoms with Crippen LogP contribution in [0.3, 0.4) is 0 Å². The molecule has 6 heteroatoms. The molecule has 0 saturated heterocycles. The van der Waals surface area contributed by atoms with Gasteiger partial charge in [0.1, 0.15) is 13.2 Å². The summed E-state index contributed by atoms with van der Waals surface area (Å²) in [6.45, 7) is 1.59. The average molecular weight is 361 g/mol. The number of carbonyl (C=O) groups is 1. The van der Waals surface area contributed by atoms with Gasteiger partial charge in [0.2, 0.25) is 0 Å². The van der Waals surface area contributed by atoms with Crippen LogP contribution in [0.5, 0.6) is 11.5 Å². The number of ether oxygens (including phenoxy) is 2. The van der Waals surface area contributed by atoms with E-state index in [-0.39, 0.29) is 11.9 Å². The maximum Gasteiger partial charge on any atom is 0.252 e. The summed E-state index contributed by atoms with van der Waals surface area (Å²) in [5.74, 6) is 0.805. The Balaban J connectivity index is 1.83. The van der Waals surface area contributed by atoms with Gasteiger partial charge in [0.15, 0.2) is 11.5 Å². The molecule has 0 unspecified atom stereocenters. The van der Waals surface area contributed by atoms with E-state index in [2.05, 4.69) is 5.32 Å². The maximum atomic E-state index is 12.8. The zero-order valence-electron chi connectivity index (χ0n) is 14.3. The Hall–Kier alpha value is -2.24. The molecule has 132 valence electrons. The van der Waals surface area contributed by atoms with E-state index in [1.807, 2.05) is 49.3 Å². The van der Waals surface area contributed by atoms with Crippen LogP contribution in [-0.2, 0) is 0 Å². The van der Waals surface area contributed by atoms with Crippen molar-refractivity contribution in [3.05, 3.63) is 58.6 Å². The Bertz CT molecular complexity index is 750. The standard InChI is InChI=1S/C19H21ClN2O3/c1-22(2)12-16(13-6-4-3-5-7-13)21-19(23)14-10-15(20)18-17(11-14)24-8-9-25-18/h3-7,10-11,16H,8-9,12H2,1-2H3,(H,21,23)/t16-/m1/s1. The number of rotatable bonds is 5. The van der Waals surface area contributed by atoms with Crippen molar-refractivity contribution in [1.29, 1.82) is 0 Å². The summed E-state index contributed by atoms with van der Waals surface area (Å²) in [4.78, 5) is 14.8. The van der Waals surface area contributed by atoms with Crippen molar-refractivity contribution in [1.82, 2.24) is 10.2 Å². The Labute approximate surface area is 152 Å². The molecule has 5 nitrogen and oxygen atoms in total. The van der Waals surface area contributed by atoms with Crippen molar-refractivity contribution in [3.8, 4) is 11.5 Å². The second-order valence-corrected chi connectivity index (χ2v) is 6.59. The summed E-state index contributed by atoms with van der Waals surface area (Å²) < 4.78 is 11.0. The SMILES string of the molecule is CN(C)C[C@@H](NC(=O)c1cc(Cl)c2c(c1)OCCO2)c1ccccc1. The average Bonchev–Trinajstić information content (AvgIpc) is 2.61. The first kappa shape index (κ1) is 17.6.